The molecule has 0 spiro atoms. The van der Waals surface area contributed by atoms with Gasteiger partial charge in [-0.25, -0.2) is 0 Å². The molecule has 16 heavy (non-hydrogen) atoms. The summed E-state index contributed by atoms with van der Waals surface area (Å²) in [5, 5.41) is 1.27. The van der Waals surface area contributed by atoms with E-state index in [1.165, 1.54) is 11.8 Å². The van der Waals surface area contributed by atoms with Crippen LogP contribution >= 0.6 is 35.0 Å². The number of halogens is 2. The highest BCUT2D eigenvalue weighted by atomic mass is 35.5. The zero-order valence-electron chi connectivity index (χ0n) is 9.05. The van der Waals surface area contributed by atoms with Crippen molar-refractivity contribution >= 4 is 35.0 Å². The molecule has 0 radical (unpaired) electrons. The van der Waals surface area contributed by atoms with Crippen molar-refractivity contribution in [2.24, 2.45) is 0 Å². The van der Waals surface area contributed by atoms with Crippen LogP contribution in [0.25, 0.3) is 0 Å². The molecule has 2 nitrogen and oxygen atoms in total. The highest BCUT2D eigenvalue weighted by Gasteiger charge is 2.35. The van der Waals surface area contributed by atoms with Crippen LogP contribution in [0.15, 0.2) is 17.0 Å². The lowest BCUT2D eigenvalue weighted by Crippen LogP contribution is -2.23. The summed E-state index contributed by atoms with van der Waals surface area (Å²) in [4.78, 5) is 0.862. The first kappa shape index (κ1) is 12.5. The topological polar surface area (TPSA) is 18.5 Å². The summed E-state index contributed by atoms with van der Waals surface area (Å²) in [6, 6.07) is 3.68. The predicted octanol–water partition coefficient (Wildman–Crippen LogP) is 3.93. The monoisotopic (exact) mass is 278 g/mol. The first-order chi connectivity index (χ1) is 7.58. The van der Waals surface area contributed by atoms with E-state index in [1.54, 1.807) is 0 Å². The van der Waals surface area contributed by atoms with Crippen molar-refractivity contribution in [1.29, 1.82) is 0 Å². The molecule has 1 fully saturated rings. The summed E-state index contributed by atoms with van der Waals surface area (Å²) in [6.45, 7) is 3.05. The summed E-state index contributed by atoms with van der Waals surface area (Å²) in [5.41, 5.74) is 0.834. The van der Waals surface area contributed by atoms with Gasteiger partial charge in [0.05, 0.1) is 23.3 Å². The maximum Gasteiger partial charge on any atom is 0.193 e. The van der Waals surface area contributed by atoms with Gasteiger partial charge in [0, 0.05) is 10.5 Å². The molecule has 0 unspecified atom stereocenters. The maximum absolute atomic E-state index is 6.32. The Kier molecular flexibility index (Phi) is 3.72. The van der Waals surface area contributed by atoms with E-state index in [-0.39, 0.29) is 0 Å². The van der Waals surface area contributed by atoms with Gasteiger partial charge in [-0.3, -0.25) is 0 Å². The van der Waals surface area contributed by atoms with E-state index in [0.717, 1.165) is 10.5 Å². The summed E-state index contributed by atoms with van der Waals surface area (Å²) in [5.74, 6) is -0.744. The molecule has 0 saturated carbocycles. The van der Waals surface area contributed by atoms with Gasteiger partial charge in [0.2, 0.25) is 0 Å². The Morgan fingerprint density at radius 1 is 1.25 bits per heavy atom. The molecule has 0 N–H and O–H groups in total. The Labute approximate surface area is 109 Å². The van der Waals surface area contributed by atoms with Crippen LogP contribution in [-0.4, -0.2) is 19.5 Å². The average molecular weight is 279 g/mol. The van der Waals surface area contributed by atoms with Gasteiger partial charge in [-0.05, 0) is 19.2 Å². The Balaban J connectivity index is 2.49. The molecule has 0 amide bonds. The first-order valence-electron chi connectivity index (χ1n) is 4.89. The van der Waals surface area contributed by atoms with Gasteiger partial charge in [0.25, 0.3) is 0 Å². The van der Waals surface area contributed by atoms with E-state index in [9.17, 15) is 0 Å². The van der Waals surface area contributed by atoms with Crippen molar-refractivity contribution in [2.75, 3.05) is 19.5 Å². The number of rotatable bonds is 2. The minimum atomic E-state index is -0.744. The van der Waals surface area contributed by atoms with Crippen LogP contribution < -0.4 is 0 Å². The van der Waals surface area contributed by atoms with Gasteiger partial charge in [0.1, 0.15) is 0 Å². The molecule has 1 aromatic rings. The van der Waals surface area contributed by atoms with Crippen molar-refractivity contribution in [2.45, 2.75) is 17.6 Å². The molecule has 1 aliphatic heterocycles. The van der Waals surface area contributed by atoms with E-state index < -0.39 is 5.79 Å². The summed E-state index contributed by atoms with van der Waals surface area (Å²) < 4.78 is 11.2. The lowest BCUT2D eigenvalue weighted by atomic mass is 10.1. The largest absolute Gasteiger partial charge is 0.344 e. The highest BCUT2D eigenvalue weighted by Crippen LogP contribution is 2.42. The second-order valence-corrected chi connectivity index (χ2v) is 5.19. The minimum Gasteiger partial charge on any atom is -0.344 e. The number of hydrogen-bond donors (Lipinski definition) is 0. The molecule has 1 aromatic carbocycles. The van der Waals surface area contributed by atoms with Crippen LogP contribution in [0.2, 0.25) is 10.0 Å². The van der Waals surface area contributed by atoms with Crippen LogP contribution in [0.3, 0.4) is 0 Å². The van der Waals surface area contributed by atoms with Gasteiger partial charge >= 0.3 is 0 Å². The Morgan fingerprint density at radius 2 is 1.88 bits per heavy atom. The molecule has 5 heteroatoms. The first-order valence-corrected chi connectivity index (χ1v) is 6.87. The SMILES string of the molecule is CSc1c(Cl)ccc(C2(C)OCCO2)c1Cl. The Morgan fingerprint density at radius 3 is 2.44 bits per heavy atom. The molecular formula is C11H12Cl2O2S. The quantitative estimate of drug-likeness (QED) is 0.764. The molecule has 1 saturated heterocycles. The number of benzene rings is 1. The lowest BCUT2D eigenvalue weighted by Gasteiger charge is -2.25. The Bertz CT molecular complexity index is 403. The zero-order chi connectivity index (χ0) is 11.8. The van der Waals surface area contributed by atoms with Crippen LogP contribution in [0.4, 0.5) is 0 Å². The second-order valence-electron chi connectivity index (χ2n) is 3.58. The van der Waals surface area contributed by atoms with E-state index in [2.05, 4.69) is 0 Å². The van der Waals surface area contributed by atoms with Crippen molar-refractivity contribution in [3.05, 3.63) is 27.7 Å². The van der Waals surface area contributed by atoms with Crippen LogP contribution in [0.1, 0.15) is 12.5 Å². The third-order valence-corrected chi connectivity index (χ3v) is 4.34. The minimum absolute atomic E-state index is 0.587. The van der Waals surface area contributed by atoms with E-state index >= 15 is 0 Å². The van der Waals surface area contributed by atoms with Crippen LogP contribution in [-0.2, 0) is 15.3 Å². The maximum atomic E-state index is 6.32. The summed E-state index contributed by atoms with van der Waals surface area (Å²) in [7, 11) is 0. The average Bonchev–Trinajstić information content (AvgIpc) is 2.66. The fraction of sp³-hybridized carbons (Fsp3) is 0.455. The highest BCUT2D eigenvalue weighted by molar-refractivity contribution is 7.98. The van der Waals surface area contributed by atoms with Gasteiger partial charge in [0.15, 0.2) is 5.79 Å². The van der Waals surface area contributed by atoms with Crippen molar-refractivity contribution in [3.8, 4) is 0 Å². The number of thioether (sulfide) groups is 1. The molecule has 88 valence electrons. The lowest BCUT2D eigenvalue weighted by molar-refractivity contribution is -0.149. The smallest absolute Gasteiger partial charge is 0.193 e. The molecule has 1 aliphatic rings. The molecule has 2 rings (SSSR count). The van der Waals surface area contributed by atoms with Crippen molar-refractivity contribution < 1.29 is 9.47 Å². The van der Waals surface area contributed by atoms with E-state index in [0.29, 0.717) is 23.3 Å². The summed E-state index contributed by atoms with van der Waals surface area (Å²) >= 11 is 13.9. The molecule has 0 atom stereocenters. The van der Waals surface area contributed by atoms with Crippen LogP contribution in [0.5, 0.6) is 0 Å². The predicted molar refractivity (Wildman–Crippen MR) is 67.5 cm³/mol. The van der Waals surface area contributed by atoms with E-state index in [1.807, 2.05) is 25.3 Å². The third-order valence-electron chi connectivity index (χ3n) is 2.58. The number of ether oxygens (including phenoxy) is 2. The molecule has 0 aliphatic carbocycles. The van der Waals surface area contributed by atoms with Crippen molar-refractivity contribution in [3.63, 3.8) is 0 Å². The Hall–Kier alpha value is 0.0700. The van der Waals surface area contributed by atoms with Gasteiger partial charge in [-0.2, -0.15) is 0 Å². The standard InChI is InChI=1S/C11H12Cl2O2S/c1-11(14-5-6-15-11)7-3-4-8(12)10(16-2)9(7)13/h3-4H,5-6H2,1-2H3. The summed E-state index contributed by atoms with van der Waals surface area (Å²) in [6.07, 6.45) is 1.94. The van der Waals surface area contributed by atoms with E-state index in [4.69, 9.17) is 32.7 Å². The molecular weight excluding hydrogens is 267 g/mol. The number of hydrogen-bond acceptors (Lipinski definition) is 3. The van der Waals surface area contributed by atoms with Gasteiger partial charge < -0.3 is 9.47 Å². The fourth-order valence-electron chi connectivity index (χ4n) is 1.74. The van der Waals surface area contributed by atoms with Crippen molar-refractivity contribution in [1.82, 2.24) is 0 Å². The fourth-order valence-corrected chi connectivity index (χ4v) is 3.30. The zero-order valence-corrected chi connectivity index (χ0v) is 11.4. The molecule has 0 bridgehead atoms. The third kappa shape index (κ3) is 2.07. The van der Waals surface area contributed by atoms with Gasteiger partial charge in [-0.1, -0.05) is 29.3 Å². The second kappa shape index (κ2) is 4.75. The normalized spacial score (nSPS) is 19.0. The van der Waals surface area contributed by atoms with Gasteiger partial charge in [-0.15, -0.1) is 11.8 Å². The molecule has 1 heterocycles. The van der Waals surface area contributed by atoms with Crippen LogP contribution in [0, 0.1) is 0 Å². The molecule has 0 aromatic heterocycles.